The number of nitrogens with one attached hydrogen (secondary N) is 2. The Morgan fingerprint density at radius 1 is 1.17 bits per heavy atom. The number of hydrogen-bond acceptors (Lipinski definition) is 4. The molecule has 1 saturated carbocycles. The fourth-order valence-electron chi connectivity index (χ4n) is 5.02. The molecule has 30 heavy (non-hydrogen) atoms. The van der Waals surface area contributed by atoms with Gasteiger partial charge in [0.1, 0.15) is 11.4 Å². The lowest BCUT2D eigenvalue weighted by Crippen LogP contribution is -2.46. The van der Waals surface area contributed by atoms with Gasteiger partial charge in [-0.05, 0) is 58.1 Å². The van der Waals surface area contributed by atoms with Crippen LogP contribution < -0.4 is 15.4 Å². The summed E-state index contributed by atoms with van der Waals surface area (Å²) in [6.45, 7) is 8.90. The number of hydrogen-bond donors (Lipinski definition) is 2. The number of unbranched alkanes of at least 4 members (excludes halogenated alkanes) is 1. The van der Waals surface area contributed by atoms with Crippen LogP contribution in [-0.2, 0) is 4.74 Å². The summed E-state index contributed by atoms with van der Waals surface area (Å²) < 4.78 is 11.9. The zero-order valence-corrected chi connectivity index (χ0v) is 18.5. The predicted octanol–water partition coefficient (Wildman–Crippen LogP) is 3.49. The van der Waals surface area contributed by atoms with Crippen molar-refractivity contribution in [2.75, 3.05) is 45.9 Å². The van der Waals surface area contributed by atoms with Crippen LogP contribution in [-0.4, -0.2) is 62.4 Å². The lowest BCUT2D eigenvalue weighted by molar-refractivity contribution is 0.0373. The van der Waals surface area contributed by atoms with Gasteiger partial charge in [0.2, 0.25) is 0 Å². The van der Waals surface area contributed by atoms with Crippen LogP contribution >= 0.6 is 0 Å². The number of morpholine rings is 1. The largest absolute Gasteiger partial charge is 0.487 e. The minimum atomic E-state index is 0.00149. The van der Waals surface area contributed by atoms with E-state index >= 15 is 0 Å². The highest BCUT2D eigenvalue weighted by molar-refractivity contribution is 5.80. The summed E-state index contributed by atoms with van der Waals surface area (Å²) in [5.41, 5.74) is 1.26. The summed E-state index contributed by atoms with van der Waals surface area (Å²) in [6.07, 6.45) is 8.18. The standard InChI is InChI=1S/C24H38N4O2/c1-2-25-23(26-13-7-8-14-28-15-17-29-18-16-28)27-21-19-24(11-5-6-12-24)30-22-10-4-3-9-20(21)22/h3-4,9-10,21H,2,5-8,11-19H2,1H3,(H2,25,26,27). The molecule has 6 nitrogen and oxygen atoms in total. The van der Waals surface area contributed by atoms with Gasteiger partial charge in [-0.15, -0.1) is 0 Å². The monoisotopic (exact) mass is 414 g/mol. The van der Waals surface area contributed by atoms with Crippen molar-refractivity contribution in [1.82, 2.24) is 15.5 Å². The van der Waals surface area contributed by atoms with E-state index in [0.29, 0.717) is 0 Å². The van der Waals surface area contributed by atoms with Gasteiger partial charge in [-0.1, -0.05) is 18.2 Å². The smallest absolute Gasteiger partial charge is 0.191 e. The second kappa shape index (κ2) is 10.5. The van der Waals surface area contributed by atoms with Crippen molar-refractivity contribution in [3.63, 3.8) is 0 Å². The second-order valence-corrected chi connectivity index (χ2v) is 8.85. The molecular weight excluding hydrogens is 376 g/mol. The van der Waals surface area contributed by atoms with Crippen molar-refractivity contribution < 1.29 is 9.47 Å². The summed E-state index contributed by atoms with van der Waals surface area (Å²) in [4.78, 5) is 7.39. The number of para-hydroxylation sites is 1. The molecule has 0 amide bonds. The number of fused-ring (bicyclic) bond motifs is 1. The van der Waals surface area contributed by atoms with Crippen LogP contribution in [0.5, 0.6) is 5.75 Å². The van der Waals surface area contributed by atoms with Gasteiger partial charge in [-0.3, -0.25) is 9.89 Å². The maximum absolute atomic E-state index is 6.51. The van der Waals surface area contributed by atoms with E-state index < -0.39 is 0 Å². The zero-order valence-electron chi connectivity index (χ0n) is 18.5. The third-order valence-electron chi connectivity index (χ3n) is 6.62. The van der Waals surface area contributed by atoms with Crippen LogP contribution in [0.1, 0.15) is 63.5 Å². The van der Waals surface area contributed by atoms with Crippen LogP contribution in [0.15, 0.2) is 29.3 Å². The van der Waals surface area contributed by atoms with Crippen LogP contribution in [0.25, 0.3) is 0 Å². The maximum atomic E-state index is 6.51. The second-order valence-electron chi connectivity index (χ2n) is 8.85. The molecule has 0 aromatic heterocycles. The molecule has 2 fully saturated rings. The van der Waals surface area contributed by atoms with E-state index in [2.05, 4.69) is 46.7 Å². The molecule has 2 heterocycles. The van der Waals surface area contributed by atoms with E-state index in [-0.39, 0.29) is 11.6 Å². The van der Waals surface area contributed by atoms with Crippen molar-refractivity contribution in [3.8, 4) is 5.75 Å². The Hall–Kier alpha value is -1.79. The number of benzene rings is 1. The third-order valence-corrected chi connectivity index (χ3v) is 6.62. The Labute approximate surface area is 181 Å². The Morgan fingerprint density at radius 3 is 2.77 bits per heavy atom. The predicted molar refractivity (Wildman–Crippen MR) is 121 cm³/mol. The molecule has 1 unspecified atom stereocenters. The maximum Gasteiger partial charge on any atom is 0.191 e. The molecule has 1 atom stereocenters. The molecule has 6 heteroatoms. The first-order chi connectivity index (χ1) is 14.8. The molecule has 0 radical (unpaired) electrons. The van der Waals surface area contributed by atoms with Crippen LogP contribution in [0.3, 0.4) is 0 Å². The lowest BCUT2D eigenvalue weighted by Gasteiger charge is -2.40. The van der Waals surface area contributed by atoms with Crippen molar-refractivity contribution in [1.29, 1.82) is 0 Å². The van der Waals surface area contributed by atoms with Gasteiger partial charge in [0, 0.05) is 38.2 Å². The molecule has 1 aromatic rings. The number of nitrogens with zero attached hydrogens (tertiary/aromatic N) is 2. The van der Waals surface area contributed by atoms with Gasteiger partial charge in [-0.25, -0.2) is 0 Å². The van der Waals surface area contributed by atoms with Crippen molar-refractivity contribution in [2.24, 2.45) is 4.99 Å². The Morgan fingerprint density at radius 2 is 1.97 bits per heavy atom. The molecular formula is C24H38N4O2. The molecule has 1 aromatic carbocycles. The molecule has 2 aliphatic heterocycles. The first kappa shape index (κ1) is 21.4. The average molecular weight is 415 g/mol. The summed E-state index contributed by atoms with van der Waals surface area (Å²) in [5.74, 6) is 1.98. The number of aliphatic imine (C=N–C) groups is 1. The number of guanidine groups is 1. The van der Waals surface area contributed by atoms with Gasteiger partial charge in [-0.2, -0.15) is 0 Å². The van der Waals surface area contributed by atoms with E-state index in [0.717, 1.165) is 83.3 Å². The summed E-state index contributed by atoms with van der Waals surface area (Å²) >= 11 is 0. The SMILES string of the molecule is CCNC(=NCCCCN1CCOCC1)NC1CC2(CCCC2)Oc2ccccc21. The minimum absolute atomic E-state index is 0.00149. The molecule has 0 bridgehead atoms. The first-order valence-electron chi connectivity index (χ1n) is 11.9. The molecule has 1 aliphatic carbocycles. The average Bonchev–Trinajstić information content (AvgIpc) is 3.21. The fourth-order valence-corrected chi connectivity index (χ4v) is 5.02. The highest BCUT2D eigenvalue weighted by Gasteiger charge is 2.43. The Bertz CT molecular complexity index is 696. The summed E-state index contributed by atoms with van der Waals surface area (Å²) in [6, 6.07) is 8.76. The van der Waals surface area contributed by atoms with Crippen molar-refractivity contribution in [2.45, 2.75) is 63.5 Å². The molecule has 4 rings (SSSR count). The molecule has 3 aliphatic rings. The quantitative estimate of drug-likeness (QED) is 0.406. The summed E-state index contributed by atoms with van der Waals surface area (Å²) in [5, 5.41) is 7.19. The minimum Gasteiger partial charge on any atom is -0.487 e. The van der Waals surface area contributed by atoms with Gasteiger partial charge in [0.05, 0.1) is 19.3 Å². The van der Waals surface area contributed by atoms with Crippen LogP contribution in [0.2, 0.25) is 0 Å². The fraction of sp³-hybridized carbons (Fsp3) is 0.708. The van der Waals surface area contributed by atoms with Gasteiger partial charge >= 0.3 is 0 Å². The number of rotatable bonds is 7. The van der Waals surface area contributed by atoms with E-state index in [9.17, 15) is 0 Å². The van der Waals surface area contributed by atoms with Gasteiger partial charge < -0.3 is 20.1 Å². The van der Waals surface area contributed by atoms with Gasteiger partial charge in [0.15, 0.2) is 5.96 Å². The lowest BCUT2D eigenvalue weighted by atomic mass is 9.86. The Balaban J connectivity index is 1.35. The van der Waals surface area contributed by atoms with Crippen LogP contribution in [0, 0.1) is 0 Å². The highest BCUT2D eigenvalue weighted by Crippen LogP contribution is 2.46. The zero-order chi connectivity index (χ0) is 20.7. The van der Waals surface area contributed by atoms with E-state index in [1.54, 1.807) is 0 Å². The molecule has 2 N–H and O–H groups in total. The van der Waals surface area contributed by atoms with Crippen molar-refractivity contribution in [3.05, 3.63) is 29.8 Å². The normalized spacial score (nSPS) is 23.8. The Kier molecular flexibility index (Phi) is 7.50. The molecule has 166 valence electrons. The molecule has 1 saturated heterocycles. The van der Waals surface area contributed by atoms with E-state index in [4.69, 9.17) is 14.5 Å². The van der Waals surface area contributed by atoms with Crippen LogP contribution in [0.4, 0.5) is 0 Å². The highest BCUT2D eigenvalue weighted by atomic mass is 16.5. The van der Waals surface area contributed by atoms with E-state index in [1.165, 1.54) is 24.8 Å². The van der Waals surface area contributed by atoms with E-state index in [1.807, 2.05) is 0 Å². The number of ether oxygens (including phenoxy) is 2. The first-order valence-corrected chi connectivity index (χ1v) is 11.9. The third kappa shape index (κ3) is 5.46. The molecule has 1 spiro atoms. The van der Waals surface area contributed by atoms with Crippen molar-refractivity contribution >= 4 is 5.96 Å². The summed E-state index contributed by atoms with van der Waals surface area (Å²) in [7, 11) is 0. The topological polar surface area (TPSA) is 58.1 Å². The van der Waals surface area contributed by atoms with Gasteiger partial charge in [0.25, 0.3) is 0 Å².